The van der Waals surface area contributed by atoms with Crippen LogP contribution in [0.4, 0.5) is 0 Å². The minimum atomic E-state index is 0.411. The van der Waals surface area contributed by atoms with Crippen LogP contribution in [0.1, 0.15) is 24.0 Å². The summed E-state index contributed by atoms with van der Waals surface area (Å²) in [4.78, 5) is 0. The standard InChI is InChI=1S/C19H19NO/c1-2-5-16(6-3-1)7-4-14-21-19-12-8-17(9-13-19)15-20-18-10-11-18/h1-3,5-6,8-9,12-13,18,20H,10-11,14-15H2. The maximum atomic E-state index is 5.63. The molecule has 0 aromatic heterocycles. The van der Waals surface area contributed by atoms with E-state index >= 15 is 0 Å². The third-order valence-electron chi connectivity index (χ3n) is 3.41. The average molecular weight is 277 g/mol. The van der Waals surface area contributed by atoms with Crippen LogP contribution in [-0.4, -0.2) is 12.6 Å². The predicted octanol–water partition coefficient (Wildman–Crippen LogP) is 3.37. The van der Waals surface area contributed by atoms with Gasteiger partial charge in [0.1, 0.15) is 12.4 Å². The van der Waals surface area contributed by atoms with Crippen molar-refractivity contribution in [2.75, 3.05) is 6.61 Å². The van der Waals surface area contributed by atoms with Crippen LogP contribution in [0.2, 0.25) is 0 Å². The summed E-state index contributed by atoms with van der Waals surface area (Å²) in [5.74, 6) is 6.98. The predicted molar refractivity (Wildman–Crippen MR) is 85.1 cm³/mol. The molecule has 0 heterocycles. The molecule has 0 bridgehead atoms. The minimum Gasteiger partial charge on any atom is -0.481 e. The van der Waals surface area contributed by atoms with Crippen molar-refractivity contribution in [2.45, 2.75) is 25.4 Å². The van der Waals surface area contributed by atoms with E-state index in [1.807, 2.05) is 42.5 Å². The summed E-state index contributed by atoms with van der Waals surface area (Å²) in [6.07, 6.45) is 2.64. The maximum Gasteiger partial charge on any atom is 0.149 e. The van der Waals surface area contributed by atoms with Gasteiger partial charge in [0, 0.05) is 18.2 Å². The van der Waals surface area contributed by atoms with Crippen LogP contribution < -0.4 is 10.1 Å². The summed E-state index contributed by atoms with van der Waals surface area (Å²) < 4.78 is 5.63. The van der Waals surface area contributed by atoms with Crippen molar-refractivity contribution in [1.82, 2.24) is 5.32 Å². The van der Waals surface area contributed by atoms with Crippen molar-refractivity contribution < 1.29 is 4.74 Å². The third-order valence-corrected chi connectivity index (χ3v) is 3.41. The van der Waals surface area contributed by atoms with Gasteiger partial charge in [0.05, 0.1) is 0 Å². The first-order chi connectivity index (χ1) is 10.4. The van der Waals surface area contributed by atoms with Crippen molar-refractivity contribution in [3.63, 3.8) is 0 Å². The van der Waals surface area contributed by atoms with Gasteiger partial charge in [-0.25, -0.2) is 0 Å². The van der Waals surface area contributed by atoms with Crippen LogP contribution >= 0.6 is 0 Å². The highest BCUT2D eigenvalue weighted by molar-refractivity contribution is 5.34. The van der Waals surface area contributed by atoms with E-state index < -0.39 is 0 Å². The summed E-state index contributed by atoms with van der Waals surface area (Å²) in [6, 6.07) is 18.9. The Morgan fingerprint density at radius 3 is 2.48 bits per heavy atom. The lowest BCUT2D eigenvalue weighted by atomic mass is 10.2. The lowest BCUT2D eigenvalue weighted by Crippen LogP contribution is -2.15. The van der Waals surface area contributed by atoms with Gasteiger partial charge in [-0.05, 0) is 42.7 Å². The average Bonchev–Trinajstić information content (AvgIpc) is 3.36. The molecule has 2 aromatic rings. The van der Waals surface area contributed by atoms with E-state index in [0.29, 0.717) is 6.61 Å². The molecule has 2 nitrogen and oxygen atoms in total. The Balaban J connectivity index is 1.45. The fourth-order valence-electron chi connectivity index (χ4n) is 2.03. The first-order valence-corrected chi connectivity index (χ1v) is 7.39. The van der Waals surface area contributed by atoms with E-state index in [1.54, 1.807) is 0 Å². The number of nitrogens with one attached hydrogen (secondary N) is 1. The molecule has 0 unspecified atom stereocenters. The van der Waals surface area contributed by atoms with Crippen molar-refractivity contribution in [3.05, 3.63) is 65.7 Å². The van der Waals surface area contributed by atoms with Gasteiger partial charge in [-0.2, -0.15) is 0 Å². The maximum absolute atomic E-state index is 5.63. The second-order valence-electron chi connectivity index (χ2n) is 5.26. The Bertz CT molecular complexity index is 618. The number of ether oxygens (including phenoxy) is 1. The molecule has 2 aromatic carbocycles. The Labute approximate surface area is 126 Å². The zero-order valence-corrected chi connectivity index (χ0v) is 12.0. The Morgan fingerprint density at radius 2 is 1.76 bits per heavy atom. The molecular weight excluding hydrogens is 258 g/mol. The number of rotatable bonds is 5. The molecule has 1 saturated carbocycles. The Kier molecular flexibility index (Phi) is 4.55. The zero-order chi connectivity index (χ0) is 14.3. The first-order valence-electron chi connectivity index (χ1n) is 7.39. The summed E-state index contributed by atoms with van der Waals surface area (Å²) in [6.45, 7) is 1.35. The molecule has 0 atom stereocenters. The molecule has 0 spiro atoms. The van der Waals surface area contributed by atoms with E-state index in [9.17, 15) is 0 Å². The second-order valence-corrected chi connectivity index (χ2v) is 5.26. The molecule has 1 fully saturated rings. The van der Waals surface area contributed by atoms with Gasteiger partial charge in [-0.15, -0.1) is 0 Å². The van der Waals surface area contributed by atoms with Crippen molar-refractivity contribution >= 4 is 0 Å². The van der Waals surface area contributed by atoms with Gasteiger partial charge in [0.2, 0.25) is 0 Å². The van der Waals surface area contributed by atoms with Gasteiger partial charge < -0.3 is 10.1 Å². The highest BCUT2D eigenvalue weighted by Crippen LogP contribution is 2.19. The largest absolute Gasteiger partial charge is 0.481 e. The molecule has 1 aliphatic rings. The molecular formula is C19H19NO. The Morgan fingerprint density at radius 1 is 1.00 bits per heavy atom. The molecule has 0 amide bonds. The summed E-state index contributed by atoms with van der Waals surface area (Å²) >= 11 is 0. The summed E-state index contributed by atoms with van der Waals surface area (Å²) in [5.41, 5.74) is 2.31. The van der Waals surface area contributed by atoms with E-state index in [-0.39, 0.29) is 0 Å². The molecule has 0 radical (unpaired) electrons. The van der Waals surface area contributed by atoms with Gasteiger partial charge in [0.25, 0.3) is 0 Å². The molecule has 21 heavy (non-hydrogen) atoms. The van der Waals surface area contributed by atoms with Crippen LogP contribution in [0, 0.1) is 11.8 Å². The molecule has 0 aliphatic heterocycles. The van der Waals surface area contributed by atoms with Crippen LogP contribution in [-0.2, 0) is 6.54 Å². The Hall–Kier alpha value is -2.24. The van der Waals surface area contributed by atoms with Crippen LogP contribution in [0.3, 0.4) is 0 Å². The molecule has 3 rings (SSSR count). The van der Waals surface area contributed by atoms with E-state index in [4.69, 9.17) is 4.74 Å². The highest BCUT2D eigenvalue weighted by atomic mass is 16.5. The lowest BCUT2D eigenvalue weighted by molar-refractivity contribution is 0.370. The molecule has 0 saturated heterocycles. The van der Waals surface area contributed by atoms with Crippen molar-refractivity contribution in [2.24, 2.45) is 0 Å². The van der Waals surface area contributed by atoms with Crippen LogP contribution in [0.5, 0.6) is 5.75 Å². The van der Waals surface area contributed by atoms with Crippen LogP contribution in [0.25, 0.3) is 0 Å². The quantitative estimate of drug-likeness (QED) is 0.846. The van der Waals surface area contributed by atoms with E-state index in [0.717, 1.165) is 23.9 Å². The third kappa shape index (κ3) is 4.66. The molecule has 2 heteroatoms. The molecule has 106 valence electrons. The first kappa shape index (κ1) is 13.7. The van der Waals surface area contributed by atoms with Gasteiger partial charge in [0.15, 0.2) is 0 Å². The smallest absolute Gasteiger partial charge is 0.149 e. The monoisotopic (exact) mass is 277 g/mol. The van der Waals surface area contributed by atoms with E-state index in [2.05, 4.69) is 29.3 Å². The van der Waals surface area contributed by atoms with E-state index in [1.165, 1.54) is 18.4 Å². The molecule has 1 N–H and O–H groups in total. The van der Waals surface area contributed by atoms with Gasteiger partial charge in [-0.3, -0.25) is 0 Å². The second kappa shape index (κ2) is 6.97. The normalized spacial score (nSPS) is 13.3. The zero-order valence-electron chi connectivity index (χ0n) is 12.0. The molecule has 1 aliphatic carbocycles. The fourth-order valence-corrected chi connectivity index (χ4v) is 2.03. The lowest BCUT2D eigenvalue weighted by Gasteiger charge is -2.05. The van der Waals surface area contributed by atoms with Crippen molar-refractivity contribution in [1.29, 1.82) is 0 Å². The summed E-state index contributed by atoms with van der Waals surface area (Å²) in [7, 11) is 0. The van der Waals surface area contributed by atoms with Gasteiger partial charge >= 0.3 is 0 Å². The van der Waals surface area contributed by atoms with Gasteiger partial charge in [-0.1, -0.05) is 42.2 Å². The van der Waals surface area contributed by atoms with Crippen LogP contribution in [0.15, 0.2) is 54.6 Å². The highest BCUT2D eigenvalue weighted by Gasteiger charge is 2.19. The number of hydrogen-bond acceptors (Lipinski definition) is 2. The minimum absolute atomic E-state index is 0.411. The topological polar surface area (TPSA) is 21.3 Å². The SMILES string of the molecule is C(#Cc1ccccc1)COc1ccc(CNC2CC2)cc1. The number of hydrogen-bond donors (Lipinski definition) is 1. The summed E-state index contributed by atoms with van der Waals surface area (Å²) in [5, 5.41) is 3.50. The van der Waals surface area contributed by atoms with Crippen molar-refractivity contribution in [3.8, 4) is 17.6 Å². The fraction of sp³-hybridized carbons (Fsp3) is 0.263. The number of benzene rings is 2.